The molecule has 3 aliphatic rings. The Morgan fingerprint density at radius 3 is 1.58 bits per heavy atom. The standard InChI is InChI=1S/C53H32N2/c1-2-13-33(14-3-1)55(34-25-27-36-40-18-10-12-32-24-29-49-52(50(32)40)51-41(42(36)30-34)19-11-23-48(51)54-49)35-26-28-47-43(31-35)39-17-6-9-22-46(39)53(47)44-20-7-4-15-37(44)38-16-5-8-21-45(38)53/h1-31,54H. The van der Waals surface area contributed by atoms with Gasteiger partial charge in [0.2, 0.25) is 0 Å². The second kappa shape index (κ2) is 10.5. The Morgan fingerprint density at radius 2 is 0.855 bits per heavy atom. The van der Waals surface area contributed by atoms with Crippen molar-refractivity contribution in [1.82, 2.24) is 4.98 Å². The number of aromatic nitrogens is 1. The van der Waals surface area contributed by atoms with Gasteiger partial charge in [-0.2, -0.15) is 0 Å². The van der Waals surface area contributed by atoms with Crippen molar-refractivity contribution in [2.45, 2.75) is 5.41 Å². The number of hydrogen-bond donors (Lipinski definition) is 1. The third-order valence-electron chi connectivity index (χ3n) is 12.7. The highest BCUT2D eigenvalue weighted by Gasteiger charge is 2.51. The van der Waals surface area contributed by atoms with Gasteiger partial charge in [-0.1, -0.05) is 140 Å². The summed E-state index contributed by atoms with van der Waals surface area (Å²) < 4.78 is 0. The van der Waals surface area contributed by atoms with E-state index >= 15 is 0 Å². The fourth-order valence-corrected chi connectivity index (χ4v) is 10.6. The van der Waals surface area contributed by atoms with Crippen LogP contribution in [0.5, 0.6) is 0 Å². The molecule has 10 aromatic rings. The van der Waals surface area contributed by atoms with Gasteiger partial charge in [0, 0.05) is 38.9 Å². The van der Waals surface area contributed by atoms with Crippen molar-refractivity contribution in [3.63, 3.8) is 0 Å². The summed E-state index contributed by atoms with van der Waals surface area (Å²) in [5.74, 6) is 0. The molecule has 1 N–H and O–H groups in total. The number of aromatic amines is 1. The fraction of sp³-hybridized carbons (Fsp3) is 0.0189. The second-order valence-electron chi connectivity index (χ2n) is 15.3. The number of H-pyrrole nitrogens is 1. The van der Waals surface area contributed by atoms with E-state index in [0.29, 0.717) is 0 Å². The largest absolute Gasteiger partial charge is 0.354 e. The zero-order valence-corrected chi connectivity index (χ0v) is 29.8. The van der Waals surface area contributed by atoms with E-state index in [1.165, 1.54) is 99.3 Å². The molecule has 0 fully saturated rings. The highest BCUT2D eigenvalue weighted by molar-refractivity contribution is 6.29. The van der Waals surface area contributed by atoms with Crippen LogP contribution in [0.25, 0.3) is 77.1 Å². The minimum absolute atomic E-state index is 0.365. The molecule has 2 nitrogen and oxygen atoms in total. The molecule has 0 aliphatic heterocycles. The summed E-state index contributed by atoms with van der Waals surface area (Å²) in [4.78, 5) is 6.19. The molecular weight excluding hydrogens is 665 g/mol. The molecule has 0 bridgehead atoms. The average molecular weight is 697 g/mol. The SMILES string of the molecule is c1ccc(N(c2ccc3c(c2)-c2cccc4[nH]c5ccc6cccc-3c6c5c24)c2ccc3c(c2)-c2ccccc2C32c3ccccc3-c3ccccc32)cc1. The van der Waals surface area contributed by atoms with Crippen molar-refractivity contribution in [3.05, 3.63) is 210 Å². The number of benzene rings is 9. The van der Waals surface area contributed by atoms with Gasteiger partial charge < -0.3 is 9.88 Å². The maximum atomic E-state index is 3.75. The molecular formula is C53H32N2. The number of hydrogen-bond acceptors (Lipinski definition) is 1. The Hall–Kier alpha value is -7.16. The van der Waals surface area contributed by atoms with Gasteiger partial charge in [0.05, 0.1) is 5.41 Å². The Balaban J connectivity index is 1.06. The first-order valence-electron chi connectivity index (χ1n) is 19.2. The molecule has 0 amide bonds. The third kappa shape index (κ3) is 3.64. The lowest BCUT2D eigenvalue weighted by molar-refractivity contribution is 0.794. The average Bonchev–Trinajstić information content (AvgIpc) is 3.85. The summed E-state index contributed by atoms with van der Waals surface area (Å²) in [6.07, 6.45) is 0. The lowest BCUT2D eigenvalue weighted by Gasteiger charge is -2.31. The van der Waals surface area contributed by atoms with Crippen molar-refractivity contribution in [1.29, 1.82) is 0 Å². The van der Waals surface area contributed by atoms with E-state index in [2.05, 4.69) is 198 Å². The first-order valence-corrected chi connectivity index (χ1v) is 19.2. The van der Waals surface area contributed by atoms with Crippen LogP contribution in [0, 0.1) is 0 Å². The lowest BCUT2D eigenvalue weighted by atomic mass is 9.70. The zero-order valence-electron chi connectivity index (χ0n) is 29.8. The summed E-state index contributed by atoms with van der Waals surface area (Å²) in [6.45, 7) is 0. The summed E-state index contributed by atoms with van der Waals surface area (Å²) in [5, 5.41) is 5.21. The molecule has 254 valence electrons. The fourth-order valence-electron chi connectivity index (χ4n) is 10.6. The first kappa shape index (κ1) is 29.3. The van der Waals surface area contributed by atoms with Gasteiger partial charge in [-0.05, 0) is 126 Å². The highest BCUT2D eigenvalue weighted by Crippen LogP contribution is 2.63. The van der Waals surface area contributed by atoms with Crippen LogP contribution in [0.3, 0.4) is 0 Å². The van der Waals surface area contributed by atoms with Crippen LogP contribution in [0.1, 0.15) is 22.3 Å². The van der Waals surface area contributed by atoms with Crippen LogP contribution in [0.4, 0.5) is 17.1 Å². The van der Waals surface area contributed by atoms with Crippen LogP contribution in [0.15, 0.2) is 188 Å². The van der Waals surface area contributed by atoms with Crippen molar-refractivity contribution >= 4 is 49.6 Å². The van der Waals surface area contributed by atoms with Crippen LogP contribution in [-0.2, 0) is 5.41 Å². The normalized spacial score (nSPS) is 13.6. The number of para-hydroxylation sites is 1. The van der Waals surface area contributed by atoms with E-state index in [9.17, 15) is 0 Å². The van der Waals surface area contributed by atoms with Crippen LogP contribution in [-0.4, -0.2) is 4.98 Å². The number of anilines is 3. The van der Waals surface area contributed by atoms with E-state index in [0.717, 1.165) is 17.1 Å². The molecule has 1 aromatic heterocycles. The number of fused-ring (bicyclic) bond motifs is 13. The van der Waals surface area contributed by atoms with Crippen LogP contribution in [0.2, 0.25) is 0 Å². The smallest absolute Gasteiger partial charge is 0.0725 e. The predicted molar refractivity (Wildman–Crippen MR) is 229 cm³/mol. The summed E-state index contributed by atoms with van der Waals surface area (Å²) in [6, 6.07) is 70.2. The van der Waals surface area contributed by atoms with Crippen molar-refractivity contribution in [3.8, 4) is 44.5 Å². The quantitative estimate of drug-likeness (QED) is 0.195. The van der Waals surface area contributed by atoms with E-state index < -0.39 is 0 Å². The molecule has 1 heterocycles. The molecule has 0 saturated heterocycles. The highest BCUT2D eigenvalue weighted by atomic mass is 15.1. The Kier molecular flexibility index (Phi) is 5.59. The molecule has 13 rings (SSSR count). The molecule has 55 heavy (non-hydrogen) atoms. The molecule has 0 atom stereocenters. The molecule has 0 radical (unpaired) electrons. The molecule has 2 heteroatoms. The summed E-state index contributed by atoms with van der Waals surface area (Å²) >= 11 is 0. The van der Waals surface area contributed by atoms with Gasteiger partial charge >= 0.3 is 0 Å². The molecule has 1 spiro atoms. The van der Waals surface area contributed by atoms with Crippen LogP contribution < -0.4 is 4.90 Å². The summed E-state index contributed by atoms with van der Waals surface area (Å²) in [5.41, 5.74) is 21.1. The molecule has 0 unspecified atom stereocenters. The van der Waals surface area contributed by atoms with E-state index in [1.54, 1.807) is 0 Å². The Morgan fingerprint density at radius 1 is 0.309 bits per heavy atom. The lowest BCUT2D eigenvalue weighted by Crippen LogP contribution is -2.25. The monoisotopic (exact) mass is 696 g/mol. The topological polar surface area (TPSA) is 19.0 Å². The maximum absolute atomic E-state index is 3.75. The van der Waals surface area contributed by atoms with Gasteiger partial charge in [-0.25, -0.2) is 0 Å². The first-order chi connectivity index (χ1) is 27.3. The van der Waals surface area contributed by atoms with Gasteiger partial charge in [0.1, 0.15) is 0 Å². The molecule has 9 aromatic carbocycles. The number of rotatable bonds is 3. The van der Waals surface area contributed by atoms with Crippen LogP contribution >= 0.6 is 0 Å². The number of nitrogens with one attached hydrogen (secondary N) is 1. The van der Waals surface area contributed by atoms with Crippen molar-refractivity contribution in [2.75, 3.05) is 4.90 Å². The predicted octanol–water partition coefficient (Wildman–Crippen LogP) is 13.9. The minimum Gasteiger partial charge on any atom is -0.354 e. The van der Waals surface area contributed by atoms with E-state index in [4.69, 9.17) is 0 Å². The van der Waals surface area contributed by atoms with Gasteiger partial charge in [0.15, 0.2) is 0 Å². The van der Waals surface area contributed by atoms with Crippen molar-refractivity contribution < 1.29 is 0 Å². The molecule has 0 saturated carbocycles. The molecule has 3 aliphatic carbocycles. The Bertz CT molecular complexity index is 3230. The second-order valence-corrected chi connectivity index (χ2v) is 15.3. The Labute approximate surface area is 318 Å². The minimum atomic E-state index is -0.365. The number of nitrogens with zero attached hydrogens (tertiary/aromatic N) is 1. The van der Waals surface area contributed by atoms with Crippen molar-refractivity contribution in [2.24, 2.45) is 0 Å². The third-order valence-corrected chi connectivity index (χ3v) is 12.7. The zero-order chi connectivity index (χ0) is 35.8. The van der Waals surface area contributed by atoms with Gasteiger partial charge in [0.25, 0.3) is 0 Å². The summed E-state index contributed by atoms with van der Waals surface area (Å²) in [7, 11) is 0. The van der Waals surface area contributed by atoms with Gasteiger partial charge in [-0.15, -0.1) is 0 Å². The maximum Gasteiger partial charge on any atom is 0.0725 e. The van der Waals surface area contributed by atoms with E-state index in [1.807, 2.05) is 0 Å². The van der Waals surface area contributed by atoms with E-state index in [-0.39, 0.29) is 5.41 Å². The van der Waals surface area contributed by atoms with Gasteiger partial charge in [-0.3, -0.25) is 0 Å².